The van der Waals surface area contributed by atoms with E-state index in [0.717, 1.165) is 16.8 Å². The maximum atomic E-state index is 6.40. The van der Waals surface area contributed by atoms with E-state index in [-0.39, 0.29) is 6.04 Å². The molecule has 2 N–H and O–H groups in total. The first-order chi connectivity index (χ1) is 9.74. The topological polar surface area (TPSA) is 26.0 Å². The largest absolute Gasteiger partial charge is 0.324 e. The van der Waals surface area contributed by atoms with Crippen molar-refractivity contribution in [1.82, 2.24) is 0 Å². The first-order valence-corrected chi connectivity index (χ1v) is 8.12. The van der Waals surface area contributed by atoms with Gasteiger partial charge in [0.15, 0.2) is 0 Å². The summed E-state index contributed by atoms with van der Waals surface area (Å²) < 4.78 is 1.14. The summed E-state index contributed by atoms with van der Waals surface area (Å²) in [7, 11) is 0. The quantitative estimate of drug-likeness (QED) is 0.842. The van der Waals surface area contributed by atoms with Crippen molar-refractivity contribution in [2.75, 3.05) is 0 Å². The molecule has 0 aromatic heterocycles. The third kappa shape index (κ3) is 2.97. The lowest BCUT2D eigenvalue weighted by Crippen LogP contribution is -2.15. The van der Waals surface area contributed by atoms with Crippen molar-refractivity contribution in [3.8, 4) is 0 Å². The molecule has 1 atom stereocenters. The van der Waals surface area contributed by atoms with Gasteiger partial charge in [-0.15, -0.1) is 0 Å². The van der Waals surface area contributed by atoms with Gasteiger partial charge in [-0.25, -0.2) is 0 Å². The molecule has 1 unspecified atom stereocenters. The van der Waals surface area contributed by atoms with Crippen molar-refractivity contribution in [1.29, 1.82) is 0 Å². The molecular weight excluding hydrogens is 310 g/mol. The highest BCUT2D eigenvalue weighted by Crippen LogP contribution is 2.37. The Kier molecular flexibility index (Phi) is 4.23. The van der Waals surface area contributed by atoms with Crippen LogP contribution in [0.5, 0.6) is 0 Å². The minimum absolute atomic E-state index is 0.0636. The van der Waals surface area contributed by atoms with Gasteiger partial charge in [0, 0.05) is 10.5 Å². The number of nitrogens with two attached hydrogens (primary N) is 1. The van der Waals surface area contributed by atoms with Gasteiger partial charge < -0.3 is 5.73 Å². The standard InChI is InChI=1S/C18H20BrN/c19-17-10-2-1-5-15(17)12-18(20)16-9-4-8-14(11-16)13-6-3-7-13/h1-2,4-5,8-11,13,18H,3,6-7,12,20H2. The van der Waals surface area contributed by atoms with Gasteiger partial charge in [0.2, 0.25) is 0 Å². The summed E-state index contributed by atoms with van der Waals surface area (Å²) in [6.07, 6.45) is 4.92. The van der Waals surface area contributed by atoms with Crippen LogP contribution in [0.15, 0.2) is 53.0 Å². The molecule has 2 aromatic rings. The fourth-order valence-electron chi connectivity index (χ4n) is 2.80. The van der Waals surface area contributed by atoms with Gasteiger partial charge in [-0.1, -0.05) is 64.8 Å². The van der Waals surface area contributed by atoms with Crippen molar-refractivity contribution in [2.45, 2.75) is 37.6 Å². The molecule has 0 heterocycles. The van der Waals surface area contributed by atoms with E-state index in [2.05, 4.69) is 58.4 Å². The van der Waals surface area contributed by atoms with Gasteiger partial charge in [-0.3, -0.25) is 0 Å². The minimum Gasteiger partial charge on any atom is -0.324 e. The van der Waals surface area contributed by atoms with Gasteiger partial charge in [0.25, 0.3) is 0 Å². The first-order valence-electron chi connectivity index (χ1n) is 7.33. The average Bonchev–Trinajstić information content (AvgIpc) is 2.40. The Labute approximate surface area is 129 Å². The molecule has 0 amide bonds. The summed E-state index contributed by atoms with van der Waals surface area (Å²) in [6, 6.07) is 17.3. The van der Waals surface area contributed by atoms with E-state index >= 15 is 0 Å². The second kappa shape index (κ2) is 6.11. The zero-order valence-electron chi connectivity index (χ0n) is 11.6. The summed E-state index contributed by atoms with van der Waals surface area (Å²) in [5, 5.41) is 0. The Morgan fingerprint density at radius 2 is 1.90 bits per heavy atom. The molecule has 0 radical (unpaired) electrons. The highest BCUT2D eigenvalue weighted by molar-refractivity contribution is 9.10. The predicted molar refractivity (Wildman–Crippen MR) is 87.8 cm³/mol. The summed E-state index contributed by atoms with van der Waals surface area (Å²) in [5.41, 5.74) is 10.4. The van der Waals surface area contributed by atoms with Crippen LogP contribution in [0, 0.1) is 0 Å². The summed E-state index contributed by atoms with van der Waals surface area (Å²) in [4.78, 5) is 0. The zero-order valence-corrected chi connectivity index (χ0v) is 13.1. The molecule has 0 aliphatic heterocycles. The molecule has 20 heavy (non-hydrogen) atoms. The molecule has 3 rings (SSSR count). The van der Waals surface area contributed by atoms with Crippen LogP contribution in [0.4, 0.5) is 0 Å². The van der Waals surface area contributed by atoms with E-state index in [1.807, 2.05) is 6.07 Å². The Bertz CT molecular complexity index is 589. The molecule has 0 bridgehead atoms. The second-order valence-electron chi connectivity index (χ2n) is 5.70. The highest BCUT2D eigenvalue weighted by Gasteiger charge is 2.20. The van der Waals surface area contributed by atoms with Gasteiger partial charge in [-0.2, -0.15) is 0 Å². The van der Waals surface area contributed by atoms with Crippen molar-refractivity contribution in [3.05, 3.63) is 69.7 Å². The van der Waals surface area contributed by atoms with Crippen molar-refractivity contribution in [2.24, 2.45) is 5.73 Å². The van der Waals surface area contributed by atoms with Crippen LogP contribution in [0.3, 0.4) is 0 Å². The third-order valence-corrected chi connectivity index (χ3v) is 5.09. The number of hydrogen-bond donors (Lipinski definition) is 1. The van der Waals surface area contributed by atoms with Crippen molar-refractivity contribution in [3.63, 3.8) is 0 Å². The lowest BCUT2D eigenvalue weighted by molar-refractivity contribution is 0.419. The van der Waals surface area contributed by atoms with Crippen LogP contribution < -0.4 is 5.73 Å². The lowest BCUT2D eigenvalue weighted by atomic mass is 9.79. The SMILES string of the molecule is NC(Cc1ccccc1Br)c1cccc(C2CCC2)c1. The number of halogens is 1. The van der Waals surface area contributed by atoms with E-state index in [1.165, 1.54) is 36.0 Å². The molecule has 2 aromatic carbocycles. The molecule has 0 saturated heterocycles. The first kappa shape index (κ1) is 13.8. The van der Waals surface area contributed by atoms with Crippen molar-refractivity contribution < 1.29 is 0 Å². The van der Waals surface area contributed by atoms with Crippen LogP contribution in [0.1, 0.15) is 47.9 Å². The van der Waals surface area contributed by atoms with Crippen LogP contribution in [-0.4, -0.2) is 0 Å². The summed E-state index contributed by atoms with van der Waals surface area (Å²) >= 11 is 3.60. The molecule has 2 heteroatoms. The minimum atomic E-state index is 0.0636. The van der Waals surface area contributed by atoms with Gasteiger partial charge in [0.05, 0.1) is 0 Å². The molecular formula is C18H20BrN. The van der Waals surface area contributed by atoms with Crippen molar-refractivity contribution >= 4 is 15.9 Å². The van der Waals surface area contributed by atoms with Gasteiger partial charge in [0.1, 0.15) is 0 Å². The summed E-state index contributed by atoms with van der Waals surface area (Å²) in [5.74, 6) is 0.769. The Balaban J connectivity index is 1.76. The van der Waals surface area contributed by atoms with Crippen LogP contribution in [0.2, 0.25) is 0 Å². The smallest absolute Gasteiger partial charge is 0.0336 e. The van der Waals surface area contributed by atoms with E-state index < -0.39 is 0 Å². The molecule has 104 valence electrons. The number of benzene rings is 2. The average molecular weight is 330 g/mol. The fourth-order valence-corrected chi connectivity index (χ4v) is 3.25. The van der Waals surface area contributed by atoms with E-state index in [0.29, 0.717) is 0 Å². The lowest BCUT2D eigenvalue weighted by Gasteiger charge is -2.26. The Morgan fingerprint density at radius 3 is 2.60 bits per heavy atom. The molecule has 1 aliphatic carbocycles. The second-order valence-corrected chi connectivity index (χ2v) is 6.55. The van der Waals surface area contributed by atoms with Crippen LogP contribution in [-0.2, 0) is 6.42 Å². The Morgan fingerprint density at radius 1 is 1.10 bits per heavy atom. The van der Waals surface area contributed by atoms with E-state index in [4.69, 9.17) is 5.73 Å². The molecule has 0 spiro atoms. The van der Waals surface area contributed by atoms with Gasteiger partial charge in [-0.05, 0) is 47.9 Å². The van der Waals surface area contributed by atoms with Crippen LogP contribution >= 0.6 is 15.9 Å². The maximum Gasteiger partial charge on any atom is 0.0336 e. The fraction of sp³-hybridized carbons (Fsp3) is 0.333. The van der Waals surface area contributed by atoms with E-state index in [9.17, 15) is 0 Å². The predicted octanol–water partition coefficient (Wildman–Crippen LogP) is 4.96. The normalized spacial score (nSPS) is 16.7. The monoisotopic (exact) mass is 329 g/mol. The summed E-state index contributed by atoms with van der Waals surface area (Å²) in [6.45, 7) is 0. The Hall–Kier alpha value is -1.12. The molecule has 1 saturated carbocycles. The molecule has 1 fully saturated rings. The van der Waals surface area contributed by atoms with Crippen LogP contribution in [0.25, 0.3) is 0 Å². The zero-order chi connectivity index (χ0) is 13.9. The maximum absolute atomic E-state index is 6.40. The number of rotatable bonds is 4. The molecule has 1 nitrogen and oxygen atoms in total. The highest BCUT2D eigenvalue weighted by atomic mass is 79.9. The van der Waals surface area contributed by atoms with Gasteiger partial charge >= 0.3 is 0 Å². The molecule has 1 aliphatic rings. The van der Waals surface area contributed by atoms with E-state index in [1.54, 1.807) is 0 Å². The third-order valence-electron chi connectivity index (χ3n) is 4.31. The number of hydrogen-bond acceptors (Lipinski definition) is 1.